The van der Waals surface area contributed by atoms with Gasteiger partial charge in [0.15, 0.2) is 0 Å². The molecule has 3 aromatic rings. The van der Waals surface area contributed by atoms with Crippen molar-refractivity contribution in [1.29, 1.82) is 0 Å². The Hall–Kier alpha value is -3.42. The molecule has 26 heavy (non-hydrogen) atoms. The predicted octanol–water partition coefficient (Wildman–Crippen LogP) is 2.60. The van der Waals surface area contributed by atoms with Crippen molar-refractivity contribution in [2.45, 2.75) is 20.8 Å². The summed E-state index contributed by atoms with van der Waals surface area (Å²) in [5.41, 5.74) is 5.88. The summed E-state index contributed by atoms with van der Waals surface area (Å²) in [7, 11) is 0. The Kier molecular flexibility index (Phi) is 4.57. The monoisotopic (exact) mass is 356 g/mol. The van der Waals surface area contributed by atoms with Crippen LogP contribution in [0.25, 0.3) is 5.69 Å². The van der Waals surface area contributed by atoms with Crippen molar-refractivity contribution in [1.82, 2.24) is 20.6 Å². The van der Waals surface area contributed by atoms with Gasteiger partial charge < -0.3 is 4.42 Å². The van der Waals surface area contributed by atoms with Crippen molar-refractivity contribution in [2.24, 2.45) is 0 Å². The smallest absolute Gasteiger partial charge is 0.273 e. The molecule has 2 heterocycles. The topological polar surface area (TPSA) is 89.2 Å². The first-order chi connectivity index (χ1) is 12.4. The number of carbonyl (C=O) groups excluding carboxylic acids is 2. The van der Waals surface area contributed by atoms with Crippen LogP contribution in [0.5, 0.6) is 0 Å². The first-order valence-electron chi connectivity index (χ1n) is 7.85. The molecule has 0 atom stereocenters. The molecule has 7 nitrogen and oxygen atoms in total. The molecular weight excluding hydrogens is 339 g/mol. The van der Waals surface area contributed by atoms with Crippen LogP contribution in [0.2, 0.25) is 0 Å². The number of amides is 2. The van der Waals surface area contributed by atoms with Gasteiger partial charge in [-0.3, -0.25) is 20.4 Å². The van der Waals surface area contributed by atoms with E-state index in [1.807, 2.05) is 0 Å². The van der Waals surface area contributed by atoms with Crippen LogP contribution < -0.4 is 10.9 Å². The third kappa shape index (κ3) is 3.21. The molecule has 2 aromatic heterocycles. The number of benzene rings is 1. The minimum atomic E-state index is -0.559. The summed E-state index contributed by atoms with van der Waals surface area (Å²) in [6, 6.07) is 7.70. The van der Waals surface area contributed by atoms with E-state index in [0.717, 1.165) is 0 Å². The number of nitrogens with one attached hydrogen (secondary N) is 2. The van der Waals surface area contributed by atoms with Crippen LogP contribution in [0.4, 0.5) is 4.39 Å². The van der Waals surface area contributed by atoms with Crippen LogP contribution in [0.3, 0.4) is 0 Å². The predicted molar refractivity (Wildman–Crippen MR) is 91.4 cm³/mol. The van der Waals surface area contributed by atoms with Crippen LogP contribution >= 0.6 is 0 Å². The Morgan fingerprint density at radius 1 is 1.08 bits per heavy atom. The Morgan fingerprint density at radius 2 is 1.73 bits per heavy atom. The van der Waals surface area contributed by atoms with Crippen LogP contribution in [0.15, 0.2) is 40.9 Å². The summed E-state index contributed by atoms with van der Waals surface area (Å²) >= 11 is 0. The lowest BCUT2D eigenvalue weighted by Crippen LogP contribution is -2.41. The summed E-state index contributed by atoms with van der Waals surface area (Å²) in [6.45, 7) is 5.02. The van der Waals surface area contributed by atoms with E-state index >= 15 is 0 Å². The highest BCUT2D eigenvalue weighted by Gasteiger charge is 2.19. The van der Waals surface area contributed by atoms with Gasteiger partial charge >= 0.3 is 0 Å². The molecule has 3 rings (SSSR count). The van der Waals surface area contributed by atoms with E-state index in [2.05, 4.69) is 16.0 Å². The number of hydrogen-bond donors (Lipinski definition) is 2. The molecule has 1 aromatic carbocycles. The first kappa shape index (κ1) is 17.4. The molecular formula is C18H17FN4O3. The van der Waals surface area contributed by atoms with Crippen molar-refractivity contribution in [3.8, 4) is 5.69 Å². The van der Waals surface area contributed by atoms with Gasteiger partial charge in [-0.05, 0) is 39.0 Å². The van der Waals surface area contributed by atoms with E-state index in [-0.39, 0.29) is 11.3 Å². The molecule has 0 saturated heterocycles. The van der Waals surface area contributed by atoms with Gasteiger partial charge in [-0.25, -0.2) is 9.07 Å². The number of aryl methyl sites for hydroxylation is 2. The quantitative estimate of drug-likeness (QED) is 0.706. The van der Waals surface area contributed by atoms with Gasteiger partial charge in [0.1, 0.15) is 23.0 Å². The van der Waals surface area contributed by atoms with Crippen LogP contribution in [0, 0.1) is 26.6 Å². The molecule has 2 N–H and O–H groups in total. The number of halogens is 1. The number of aromatic nitrogens is 2. The zero-order valence-electron chi connectivity index (χ0n) is 14.5. The molecule has 0 unspecified atom stereocenters. The second-order valence-electron chi connectivity index (χ2n) is 5.74. The number of para-hydroxylation sites is 1. The van der Waals surface area contributed by atoms with Crippen LogP contribution in [-0.4, -0.2) is 21.6 Å². The lowest BCUT2D eigenvalue weighted by molar-refractivity contribution is 0.0845. The average molecular weight is 356 g/mol. The number of hydrazine groups is 1. The Morgan fingerprint density at radius 3 is 2.35 bits per heavy atom. The van der Waals surface area contributed by atoms with Gasteiger partial charge in [-0.2, -0.15) is 5.10 Å². The highest BCUT2D eigenvalue weighted by atomic mass is 19.1. The molecule has 0 aliphatic heterocycles. The average Bonchev–Trinajstić information content (AvgIpc) is 3.15. The number of nitrogens with zero attached hydrogens (tertiary/aromatic N) is 2. The van der Waals surface area contributed by atoms with Gasteiger partial charge in [0, 0.05) is 0 Å². The Labute approximate surface area is 148 Å². The Balaban J connectivity index is 1.74. The van der Waals surface area contributed by atoms with E-state index in [1.54, 1.807) is 45.0 Å². The van der Waals surface area contributed by atoms with E-state index in [4.69, 9.17) is 4.42 Å². The molecule has 134 valence electrons. The normalized spacial score (nSPS) is 10.6. The molecule has 0 fully saturated rings. The summed E-state index contributed by atoms with van der Waals surface area (Å²) in [4.78, 5) is 24.4. The molecule has 8 heteroatoms. The van der Waals surface area contributed by atoms with E-state index in [1.165, 1.54) is 16.9 Å². The maximum atomic E-state index is 13.9. The fraction of sp³-hybridized carbons (Fsp3) is 0.167. The van der Waals surface area contributed by atoms with Gasteiger partial charge in [-0.1, -0.05) is 12.1 Å². The van der Waals surface area contributed by atoms with Crippen molar-refractivity contribution < 1.29 is 18.4 Å². The minimum Gasteiger partial charge on any atom is -0.466 e. The van der Waals surface area contributed by atoms with E-state index < -0.39 is 17.6 Å². The van der Waals surface area contributed by atoms with Gasteiger partial charge in [0.2, 0.25) is 0 Å². The van der Waals surface area contributed by atoms with Crippen LogP contribution in [0.1, 0.15) is 37.9 Å². The highest BCUT2D eigenvalue weighted by molar-refractivity contribution is 6.00. The second kappa shape index (κ2) is 6.83. The van der Waals surface area contributed by atoms with Crippen molar-refractivity contribution in [3.05, 3.63) is 70.7 Å². The zero-order valence-corrected chi connectivity index (χ0v) is 14.5. The van der Waals surface area contributed by atoms with Gasteiger partial charge in [-0.15, -0.1) is 0 Å². The molecule has 0 aliphatic carbocycles. The molecule has 2 amide bonds. The van der Waals surface area contributed by atoms with Crippen molar-refractivity contribution >= 4 is 11.8 Å². The van der Waals surface area contributed by atoms with Crippen molar-refractivity contribution in [3.63, 3.8) is 0 Å². The van der Waals surface area contributed by atoms with Gasteiger partial charge in [0.25, 0.3) is 11.8 Å². The molecule has 0 spiro atoms. The largest absolute Gasteiger partial charge is 0.466 e. The number of carbonyl (C=O) groups is 2. The summed E-state index contributed by atoms with van der Waals surface area (Å²) in [6.07, 6.45) is 1.32. The van der Waals surface area contributed by atoms with Crippen molar-refractivity contribution in [2.75, 3.05) is 0 Å². The summed E-state index contributed by atoms with van der Waals surface area (Å²) < 4.78 is 20.5. The number of furan rings is 1. The third-order valence-corrected chi connectivity index (χ3v) is 3.91. The molecule has 0 saturated carbocycles. The van der Waals surface area contributed by atoms with E-state index in [9.17, 15) is 14.0 Å². The number of hydrogen-bond acceptors (Lipinski definition) is 4. The molecule has 0 aliphatic rings. The number of rotatable bonds is 3. The maximum absolute atomic E-state index is 13.9. The molecule has 0 radical (unpaired) electrons. The fourth-order valence-electron chi connectivity index (χ4n) is 2.60. The third-order valence-electron chi connectivity index (χ3n) is 3.91. The Bertz CT molecular complexity index is 990. The highest BCUT2D eigenvalue weighted by Crippen LogP contribution is 2.17. The summed E-state index contributed by atoms with van der Waals surface area (Å²) in [5.74, 6) is -0.452. The van der Waals surface area contributed by atoms with Gasteiger partial charge in [0.05, 0.1) is 23.0 Å². The lowest BCUT2D eigenvalue weighted by atomic mass is 10.2. The lowest BCUT2D eigenvalue weighted by Gasteiger charge is -2.08. The standard InChI is InChI=1S/C18H17FN4O3/c1-10-8-13(12(3)26-10)17(24)21-22-18(25)14-9-20-23(11(14)2)16-7-5-4-6-15(16)19/h4-9H,1-3H3,(H,21,24)(H,22,25). The fourth-order valence-corrected chi connectivity index (χ4v) is 2.60. The zero-order chi connectivity index (χ0) is 18.8. The SMILES string of the molecule is Cc1cc(C(=O)NNC(=O)c2cnn(-c3ccccc3F)c2C)c(C)o1. The first-order valence-corrected chi connectivity index (χ1v) is 7.85. The summed E-state index contributed by atoms with van der Waals surface area (Å²) in [5, 5.41) is 4.06. The second-order valence-corrected chi connectivity index (χ2v) is 5.74. The molecule has 0 bridgehead atoms. The maximum Gasteiger partial charge on any atom is 0.273 e. The minimum absolute atomic E-state index is 0.216. The van der Waals surface area contributed by atoms with Crippen LogP contribution in [-0.2, 0) is 0 Å². The van der Waals surface area contributed by atoms with E-state index in [0.29, 0.717) is 22.8 Å².